The zero-order chi connectivity index (χ0) is 14.7. The summed E-state index contributed by atoms with van der Waals surface area (Å²) in [7, 11) is 0. The lowest BCUT2D eigenvalue weighted by molar-refractivity contribution is 0.198. The number of nitrogens with one attached hydrogen (secondary N) is 1. The minimum Gasteiger partial charge on any atom is -0.314 e. The van der Waals surface area contributed by atoms with E-state index in [1.807, 2.05) is 0 Å². The molecule has 1 aromatic rings. The summed E-state index contributed by atoms with van der Waals surface area (Å²) < 4.78 is 0. The van der Waals surface area contributed by atoms with Crippen molar-refractivity contribution >= 4 is 0 Å². The molecule has 0 spiro atoms. The first kappa shape index (κ1) is 15.1. The van der Waals surface area contributed by atoms with Crippen LogP contribution in [-0.2, 0) is 13.0 Å². The van der Waals surface area contributed by atoms with Crippen LogP contribution in [-0.4, -0.2) is 30.1 Å². The number of likely N-dealkylation sites (tertiary alicyclic amines) is 1. The molecular formula is C19H30N2. The molecule has 1 aliphatic heterocycles. The second-order valence-corrected chi connectivity index (χ2v) is 7.17. The van der Waals surface area contributed by atoms with Crippen molar-refractivity contribution in [1.29, 1.82) is 0 Å². The van der Waals surface area contributed by atoms with E-state index in [1.54, 1.807) is 11.1 Å². The third kappa shape index (κ3) is 4.08. The topological polar surface area (TPSA) is 15.3 Å². The molecule has 2 aliphatic rings. The van der Waals surface area contributed by atoms with Gasteiger partial charge in [-0.3, -0.25) is 4.90 Å². The molecule has 0 amide bonds. The monoisotopic (exact) mass is 286 g/mol. The normalized spacial score (nSPS) is 23.1. The molecule has 0 aromatic heterocycles. The first-order chi connectivity index (χ1) is 10.2. The van der Waals surface area contributed by atoms with Gasteiger partial charge in [-0.05, 0) is 62.2 Å². The van der Waals surface area contributed by atoms with Gasteiger partial charge in [-0.2, -0.15) is 0 Å². The van der Waals surface area contributed by atoms with Crippen LogP contribution in [0.1, 0.15) is 50.7 Å². The van der Waals surface area contributed by atoms with Gasteiger partial charge in [0.05, 0.1) is 0 Å². The van der Waals surface area contributed by atoms with Gasteiger partial charge >= 0.3 is 0 Å². The Morgan fingerprint density at radius 3 is 2.62 bits per heavy atom. The Hall–Kier alpha value is -0.860. The van der Waals surface area contributed by atoms with Crippen molar-refractivity contribution in [2.45, 2.75) is 64.6 Å². The van der Waals surface area contributed by atoms with Crippen molar-refractivity contribution < 1.29 is 0 Å². The summed E-state index contributed by atoms with van der Waals surface area (Å²) in [6.45, 7) is 8.29. The Morgan fingerprint density at radius 2 is 1.90 bits per heavy atom. The number of hydrogen-bond acceptors (Lipinski definition) is 2. The second-order valence-electron chi connectivity index (χ2n) is 7.17. The van der Waals surface area contributed by atoms with E-state index < -0.39 is 0 Å². The van der Waals surface area contributed by atoms with Crippen LogP contribution >= 0.6 is 0 Å². The molecule has 2 heteroatoms. The van der Waals surface area contributed by atoms with Gasteiger partial charge in [-0.1, -0.05) is 38.1 Å². The van der Waals surface area contributed by atoms with Gasteiger partial charge in [0.1, 0.15) is 0 Å². The van der Waals surface area contributed by atoms with Gasteiger partial charge in [0, 0.05) is 18.6 Å². The molecule has 1 atom stereocenters. The quantitative estimate of drug-likeness (QED) is 0.824. The van der Waals surface area contributed by atoms with Crippen LogP contribution in [0.25, 0.3) is 0 Å². The average Bonchev–Trinajstić information content (AvgIpc) is 3.17. The van der Waals surface area contributed by atoms with E-state index in [-0.39, 0.29) is 0 Å². The van der Waals surface area contributed by atoms with Crippen LogP contribution in [0, 0.1) is 5.92 Å². The van der Waals surface area contributed by atoms with Gasteiger partial charge in [0.25, 0.3) is 0 Å². The van der Waals surface area contributed by atoms with Crippen molar-refractivity contribution in [2.24, 2.45) is 5.92 Å². The van der Waals surface area contributed by atoms with E-state index in [0.29, 0.717) is 0 Å². The zero-order valence-corrected chi connectivity index (χ0v) is 13.6. The molecule has 1 heterocycles. The standard InChI is InChI=1S/C19H30N2/c1-15(2)19-8-5-13-21(19)14-17-7-4-3-6-16(17)11-12-20-18-9-10-18/h3-4,6-7,15,18-20H,5,8-14H2,1-2H3. The van der Waals surface area contributed by atoms with Gasteiger partial charge in [-0.25, -0.2) is 0 Å². The second kappa shape index (κ2) is 6.93. The summed E-state index contributed by atoms with van der Waals surface area (Å²) >= 11 is 0. The molecule has 2 nitrogen and oxygen atoms in total. The fourth-order valence-electron chi connectivity index (χ4n) is 3.68. The van der Waals surface area contributed by atoms with Crippen LogP contribution in [0.4, 0.5) is 0 Å². The maximum atomic E-state index is 3.64. The van der Waals surface area contributed by atoms with Crippen LogP contribution < -0.4 is 5.32 Å². The maximum Gasteiger partial charge on any atom is 0.0239 e. The first-order valence-electron chi connectivity index (χ1n) is 8.78. The Kier molecular flexibility index (Phi) is 4.97. The van der Waals surface area contributed by atoms with E-state index >= 15 is 0 Å². The summed E-state index contributed by atoms with van der Waals surface area (Å²) in [5.74, 6) is 0.774. The number of rotatable bonds is 7. The van der Waals surface area contributed by atoms with E-state index in [4.69, 9.17) is 0 Å². The van der Waals surface area contributed by atoms with E-state index in [2.05, 4.69) is 48.3 Å². The largest absolute Gasteiger partial charge is 0.314 e. The van der Waals surface area contributed by atoms with Crippen molar-refractivity contribution in [2.75, 3.05) is 13.1 Å². The molecule has 0 bridgehead atoms. The highest BCUT2D eigenvalue weighted by molar-refractivity contribution is 5.27. The SMILES string of the molecule is CC(C)C1CCCN1Cc1ccccc1CCNC1CC1. The molecule has 1 aliphatic carbocycles. The summed E-state index contributed by atoms with van der Waals surface area (Å²) in [5.41, 5.74) is 3.09. The van der Waals surface area contributed by atoms with Crippen molar-refractivity contribution in [3.8, 4) is 0 Å². The Bertz CT molecular complexity index is 451. The molecule has 1 unspecified atom stereocenters. The minimum atomic E-state index is 0.774. The molecule has 2 fully saturated rings. The van der Waals surface area contributed by atoms with Gasteiger partial charge < -0.3 is 5.32 Å². The average molecular weight is 286 g/mol. The highest BCUT2D eigenvalue weighted by Crippen LogP contribution is 2.26. The molecule has 1 N–H and O–H groups in total. The van der Waals surface area contributed by atoms with Crippen LogP contribution in [0.2, 0.25) is 0 Å². The lowest BCUT2D eigenvalue weighted by Gasteiger charge is -2.28. The molecule has 116 valence electrons. The Morgan fingerprint density at radius 1 is 1.14 bits per heavy atom. The molecule has 1 saturated heterocycles. The summed E-state index contributed by atoms with van der Waals surface area (Å²) in [6.07, 6.45) is 6.68. The fraction of sp³-hybridized carbons (Fsp3) is 0.684. The van der Waals surface area contributed by atoms with Gasteiger partial charge in [0.15, 0.2) is 0 Å². The van der Waals surface area contributed by atoms with Crippen molar-refractivity contribution in [1.82, 2.24) is 10.2 Å². The van der Waals surface area contributed by atoms with E-state index in [0.717, 1.165) is 31.1 Å². The molecule has 3 rings (SSSR count). The number of nitrogens with zero attached hydrogens (tertiary/aromatic N) is 1. The highest BCUT2D eigenvalue weighted by Gasteiger charge is 2.27. The van der Waals surface area contributed by atoms with Crippen molar-refractivity contribution in [3.63, 3.8) is 0 Å². The number of benzene rings is 1. The van der Waals surface area contributed by atoms with Crippen LogP contribution in [0.15, 0.2) is 24.3 Å². The smallest absolute Gasteiger partial charge is 0.0239 e. The minimum absolute atomic E-state index is 0.774. The third-order valence-corrected chi connectivity index (χ3v) is 5.08. The lowest BCUT2D eigenvalue weighted by atomic mass is 10.00. The predicted octanol–water partition coefficient (Wildman–Crippen LogP) is 3.60. The Balaban J connectivity index is 1.60. The molecule has 1 aromatic carbocycles. The summed E-state index contributed by atoms with van der Waals surface area (Å²) in [5, 5.41) is 3.64. The van der Waals surface area contributed by atoms with Crippen LogP contribution in [0.5, 0.6) is 0 Å². The zero-order valence-electron chi connectivity index (χ0n) is 13.6. The molecule has 0 radical (unpaired) electrons. The first-order valence-corrected chi connectivity index (χ1v) is 8.78. The third-order valence-electron chi connectivity index (χ3n) is 5.08. The van der Waals surface area contributed by atoms with E-state index in [9.17, 15) is 0 Å². The van der Waals surface area contributed by atoms with Crippen molar-refractivity contribution in [3.05, 3.63) is 35.4 Å². The lowest BCUT2D eigenvalue weighted by Crippen LogP contribution is -2.33. The summed E-state index contributed by atoms with van der Waals surface area (Å²) in [4.78, 5) is 2.71. The molecule has 1 saturated carbocycles. The van der Waals surface area contributed by atoms with E-state index in [1.165, 1.54) is 38.6 Å². The summed E-state index contributed by atoms with van der Waals surface area (Å²) in [6, 6.07) is 10.7. The molecular weight excluding hydrogens is 256 g/mol. The maximum absolute atomic E-state index is 3.64. The highest BCUT2D eigenvalue weighted by atomic mass is 15.2. The molecule has 21 heavy (non-hydrogen) atoms. The number of hydrogen-bond donors (Lipinski definition) is 1. The van der Waals surface area contributed by atoms with Gasteiger partial charge in [0.2, 0.25) is 0 Å². The predicted molar refractivity (Wildman–Crippen MR) is 89.4 cm³/mol. The fourth-order valence-corrected chi connectivity index (χ4v) is 3.68. The van der Waals surface area contributed by atoms with Gasteiger partial charge in [-0.15, -0.1) is 0 Å². The Labute approximate surface area is 129 Å². The van der Waals surface area contributed by atoms with Crippen LogP contribution in [0.3, 0.4) is 0 Å².